The van der Waals surface area contributed by atoms with Crippen LogP contribution in [-0.4, -0.2) is 66.1 Å². The molecule has 1 saturated heterocycles. The zero-order chi connectivity index (χ0) is 11.3. The molecule has 0 amide bonds. The van der Waals surface area contributed by atoms with E-state index in [1.54, 1.807) is 0 Å². The van der Waals surface area contributed by atoms with Crippen molar-refractivity contribution in [2.45, 2.75) is 0 Å². The molecule has 1 heterocycles. The third kappa shape index (κ3) is 4.24. The quantitative estimate of drug-likeness (QED) is 0.531. The van der Waals surface area contributed by atoms with Gasteiger partial charge >= 0.3 is 11.9 Å². The number of carbonyl (C=O) groups is 2. The highest BCUT2D eigenvalue weighted by Crippen LogP contribution is 2.00. The zero-order valence-corrected chi connectivity index (χ0v) is 8.39. The van der Waals surface area contributed by atoms with Gasteiger partial charge in [0.15, 0.2) is 0 Å². The summed E-state index contributed by atoms with van der Waals surface area (Å²) in [4.78, 5) is 29.0. The topological polar surface area (TPSA) is 96.1 Å². The summed E-state index contributed by atoms with van der Waals surface area (Å²) in [6, 6.07) is 0. The van der Waals surface area contributed by atoms with Gasteiger partial charge in [0.25, 0.3) is 0 Å². The van der Waals surface area contributed by atoms with E-state index in [1.807, 2.05) is 9.80 Å². The van der Waals surface area contributed by atoms with E-state index in [4.69, 9.17) is 11.0 Å². The van der Waals surface area contributed by atoms with Crippen molar-refractivity contribution in [1.29, 1.82) is 0 Å². The summed E-state index contributed by atoms with van der Waals surface area (Å²) >= 11 is 0. The smallest absolute Gasteiger partial charge is 0.338 e. The van der Waals surface area contributed by atoms with E-state index in [0.717, 1.165) is 0 Å². The first-order chi connectivity index (χ1) is 7.11. The van der Waals surface area contributed by atoms with Crippen LogP contribution in [0.3, 0.4) is 0 Å². The van der Waals surface area contributed by atoms with Gasteiger partial charge in [0.1, 0.15) is 0 Å². The molecule has 86 valence electrons. The van der Waals surface area contributed by atoms with Gasteiger partial charge in [0.2, 0.25) is 0 Å². The largest absolute Gasteiger partial charge is 0.480 e. The number of hydrogen-bond donors (Lipinski definition) is 2. The summed E-state index contributed by atoms with van der Waals surface area (Å²) in [7, 11) is 0. The molecule has 1 aliphatic heterocycles. The fraction of sp³-hybridized carbons (Fsp3) is 0.750. The third-order valence-electron chi connectivity index (χ3n) is 2.31. The molecule has 0 aliphatic carbocycles. The van der Waals surface area contributed by atoms with Gasteiger partial charge in [-0.05, 0) is 0 Å². The monoisotopic (exact) mass is 217 g/mol. The highest BCUT2D eigenvalue weighted by atomic mass is 16.7. The van der Waals surface area contributed by atoms with Crippen LogP contribution in [0.1, 0.15) is 0 Å². The lowest BCUT2D eigenvalue weighted by molar-refractivity contribution is -0.146. The standard InChI is InChI=1S/C8H15N3O4/c9-15-8(14)6-11-3-1-10(2-4-11)5-7(12)13/h1-6,9H2,(H,12,13). The summed E-state index contributed by atoms with van der Waals surface area (Å²) in [6.07, 6.45) is 0. The van der Waals surface area contributed by atoms with Crippen LogP contribution in [0.4, 0.5) is 0 Å². The first-order valence-electron chi connectivity index (χ1n) is 4.68. The molecule has 1 fully saturated rings. The van der Waals surface area contributed by atoms with E-state index in [1.165, 1.54) is 0 Å². The van der Waals surface area contributed by atoms with Crippen molar-refractivity contribution in [3.05, 3.63) is 0 Å². The minimum absolute atomic E-state index is 0.0508. The molecule has 0 unspecified atom stereocenters. The van der Waals surface area contributed by atoms with Crippen LogP contribution < -0.4 is 5.90 Å². The predicted octanol–water partition coefficient (Wildman–Crippen LogP) is -1.89. The van der Waals surface area contributed by atoms with Gasteiger partial charge in [-0.25, -0.2) is 4.79 Å². The first-order valence-corrected chi connectivity index (χ1v) is 4.68. The summed E-state index contributed by atoms with van der Waals surface area (Å²) < 4.78 is 0. The fourth-order valence-corrected chi connectivity index (χ4v) is 1.52. The van der Waals surface area contributed by atoms with Crippen molar-refractivity contribution in [2.24, 2.45) is 5.90 Å². The maximum Gasteiger partial charge on any atom is 0.338 e. The van der Waals surface area contributed by atoms with Crippen LogP contribution in [0, 0.1) is 0 Å². The minimum Gasteiger partial charge on any atom is -0.480 e. The van der Waals surface area contributed by atoms with Gasteiger partial charge < -0.3 is 9.94 Å². The van der Waals surface area contributed by atoms with Crippen LogP contribution in [-0.2, 0) is 14.4 Å². The average molecular weight is 217 g/mol. The van der Waals surface area contributed by atoms with Gasteiger partial charge in [-0.1, -0.05) is 0 Å². The summed E-state index contributed by atoms with van der Waals surface area (Å²) in [6.45, 7) is 2.81. The van der Waals surface area contributed by atoms with Gasteiger partial charge in [-0.15, -0.1) is 0 Å². The minimum atomic E-state index is -0.829. The molecule has 7 nitrogen and oxygen atoms in total. The second-order valence-corrected chi connectivity index (χ2v) is 3.44. The molecule has 0 radical (unpaired) electrons. The Kier molecular flexibility index (Phi) is 4.47. The molecule has 0 aromatic heterocycles. The Morgan fingerprint density at radius 3 is 2.00 bits per heavy atom. The lowest BCUT2D eigenvalue weighted by atomic mass is 10.3. The van der Waals surface area contributed by atoms with E-state index >= 15 is 0 Å². The van der Waals surface area contributed by atoms with Crippen molar-refractivity contribution in [3.63, 3.8) is 0 Å². The van der Waals surface area contributed by atoms with E-state index in [9.17, 15) is 9.59 Å². The SMILES string of the molecule is NOC(=O)CN1CCN(CC(=O)O)CC1. The number of rotatable bonds is 4. The number of carboxylic acids is 1. The average Bonchev–Trinajstić information content (AvgIpc) is 2.20. The molecule has 0 aromatic rings. The summed E-state index contributed by atoms with van der Waals surface area (Å²) in [5.41, 5.74) is 0. The van der Waals surface area contributed by atoms with E-state index in [-0.39, 0.29) is 13.1 Å². The van der Waals surface area contributed by atoms with Gasteiger partial charge in [0, 0.05) is 26.2 Å². The van der Waals surface area contributed by atoms with E-state index in [2.05, 4.69) is 4.84 Å². The maximum atomic E-state index is 10.8. The third-order valence-corrected chi connectivity index (χ3v) is 2.31. The Morgan fingerprint density at radius 2 is 1.60 bits per heavy atom. The molecule has 0 saturated carbocycles. The highest BCUT2D eigenvalue weighted by Gasteiger charge is 2.20. The molecule has 0 atom stereocenters. The Labute approximate surface area is 87.3 Å². The van der Waals surface area contributed by atoms with Gasteiger partial charge in [-0.2, -0.15) is 5.90 Å². The number of aliphatic carboxylic acids is 1. The van der Waals surface area contributed by atoms with Gasteiger partial charge in [0.05, 0.1) is 13.1 Å². The lowest BCUT2D eigenvalue weighted by Gasteiger charge is -2.32. The second kappa shape index (κ2) is 5.64. The number of nitrogens with zero attached hydrogens (tertiary/aromatic N) is 2. The predicted molar refractivity (Wildman–Crippen MR) is 50.8 cm³/mol. The number of carboxylic acid groups (broad SMARTS) is 1. The van der Waals surface area contributed by atoms with Crippen molar-refractivity contribution in [1.82, 2.24) is 9.80 Å². The number of nitrogens with two attached hydrogens (primary N) is 1. The summed E-state index contributed by atoms with van der Waals surface area (Å²) in [5.74, 6) is 3.42. The van der Waals surface area contributed by atoms with E-state index < -0.39 is 11.9 Å². The molecule has 0 spiro atoms. The van der Waals surface area contributed by atoms with Crippen LogP contribution in [0.15, 0.2) is 0 Å². The summed E-state index contributed by atoms with van der Waals surface area (Å²) in [5, 5.41) is 8.57. The van der Waals surface area contributed by atoms with Crippen LogP contribution in [0.25, 0.3) is 0 Å². The Balaban J connectivity index is 2.23. The van der Waals surface area contributed by atoms with Crippen LogP contribution in [0.5, 0.6) is 0 Å². The Morgan fingerprint density at radius 1 is 1.13 bits per heavy atom. The number of piperazine rings is 1. The molecule has 15 heavy (non-hydrogen) atoms. The first kappa shape index (κ1) is 11.9. The Bertz CT molecular complexity index is 238. The van der Waals surface area contributed by atoms with E-state index in [0.29, 0.717) is 26.2 Å². The second-order valence-electron chi connectivity index (χ2n) is 3.44. The van der Waals surface area contributed by atoms with Crippen molar-refractivity contribution in [3.8, 4) is 0 Å². The van der Waals surface area contributed by atoms with Gasteiger partial charge in [-0.3, -0.25) is 14.6 Å². The van der Waals surface area contributed by atoms with Crippen molar-refractivity contribution < 1.29 is 19.5 Å². The highest BCUT2D eigenvalue weighted by molar-refractivity contribution is 5.71. The molecule has 0 aromatic carbocycles. The molecular formula is C8H15N3O4. The van der Waals surface area contributed by atoms with Crippen molar-refractivity contribution in [2.75, 3.05) is 39.3 Å². The molecule has 0 bridgehead atoms. The normalized spacial score (nSPS) is 18.7. The molecular weight excluding hydrogens is 202 g/mol. The Hall–Kier alpha value is -1.18. The maximum absolute atomic E-state index is 10.8. The lowest BCUT2D eigenvalue weighted by Crippen LogP contribution is -2.49. The molecule has 1 rings (SSSR count). The molecule has 3 N–H and O–H groups in total. The van der Waals surface area contributed by atoms with Crippen LogP contribution in [0.2, 0.25) is 0 Å². The zero-order valence-electron chi connectivity index (χ0n) is 8.39. The molecule has 1 aliphatic rings. The molecule has 7 heteroatoms. The number of hydrogen-bond acceptors (Lipinski definition) is 6. The van der Waals surface area contributed by atoms with Crippen molar-refractivity contribution >= 4 is 11.9 Å². The van der Waals surface area contributed by atoms with Crippen LogP contribution >= 0.6 is 0 Å². The number of carbonyl (C=O) groups excluding carboxylic acids is 1. The fourth-order valence-electron chi connectivity index (χ4n) is 1.52.